The number of esters is 1. The predicted octanol–water partition coefficient (Wildman–Crippen LogP) is 6.60. The lowest BCUT2D eigenvalue weighted by Crippen LogP contribution is -2.13. The zero-order valence-corrected chi connectivity index (χ0v) is 19.1. The minimum absolute atomic E-state index is 0.0546. The molecule has 0 aliphatic carbocycles. The molecule has 3 rings (SSSR count). The molecule has 2 heterocycles. The third-order valence-corrected chi connectivity index (χ3v) is 5.08. The van der Waals surface area contributed by atoms with Crippen LogP contribution in [-0.4, -0.2) is 28.0 Å². The number of benzene rings is 1. The molecule has 0 saturated heterocycles. The number of hydrogen-bond acceptors (Lipinski definition) is 7. The highest BCUT2D eigenvalue weighted by Gasteiger charge is 2.31. The van der Waals surface area contributed by atoms with Crippen molar-refractivity contribution in [2.24, 2.45) is 0 Å². The van der Waals surface area contributed by atoms with Crippen LogP contribution in [0.4, 0.5) is 19.0 Å². The van der Waals surface area contributed by atoms with Gasteiger partial charge in [-0.1, -0.05) is 35.3 Å². The van der Waals surface area contributed by atoms with E-state index in [2.05, 4.69) is 25.0 Å². The Morgan fingerprint density at radius 3 is 2.36 bits per heavy atom. The first-order valence-corrected chi connectivity index (χ1v) is 10.2. The summed E-state index contributed by atoms with van der Waals surface area (Å²) in [6, 6.07) is 6.95. The highest BCUT2D eigenvalue weighted by atomic mass is 35.5. The molecule has 33 heavy (non-hydrogen) atoms. The van der Waals surface area contributed by atoms with Crippen molar-refractivity contribution in [2.45, 2.75) is 19.1 Å². The average Bonchev–Trinajstić information content (AvgIpc) is 2.76. The van der Waals surface area contributed by atoms with E-state index in [4.69, 9.17) is 39.5 Å². The molecule has 174 valence electrons. The average molecular weight is 522 g/mol. The van der Waals surface area contributed by atoms with Crippen LogP contribution in [0.15, 0.2) is 36.5 Å². The summed E-state index contributed by atoms with van der Waals surface area (Å²) >= 11 is 17.9. The lowest BCUT2D eigenvalue weighted by atomic mass is 10.1. The van der Waals surface area contributed by atoms with Gasteiger partial charge in [-0.05, 0) is 42.3 Å². The predicted molar refractivity (Wildman–Crippen MR) is 116 cm³/mol. The number of halogens is 6. The fourth-order valence-electron chi connectivity index (χ4n) is 2.63. The Kier molecular flexibility index (Phi) is 7.51. The highest BCUT2D eigenvalue weighted by Crippen LogP contribution is 2.35. The van der Waals surface area contributed by atoms with Crippen molar-refractivity contribution in [1.82, 2.24) is 15.0 Å². The summed E-state index contributed by atoms with van der Waals surface area (Å²) < 4.78 is 48.3. The number of hydrogen-bond donors (Lipinski definition) is 1. The molecule has 0 saturated carbocycles. The first-order valence-electron chi connectivity index (χ1n) is 9.08. The third-order valence-electron chi connectivity index (χ3n) is 4.29. The van der Waals surface area contributed by atoms with E-state index in [9.17, 15) is 18.0 Å². The number of carbonyl (C=O) groups excluding carboxylic acids is 1. The van der Waals surface area contributed by atoms with E-state index in [0.29, 0.717) is 11.9 Å². The van der Waals surface area contributed by atoms with Crippen LogP contribution in [0.25, 0.3) is 0 Å². The largest absolute Gasteiger partial charge is 0.464 e. The van der Waals surface area contributed by atoms with Crippen molar-refractivity contribution in [1.29, 1.82) is 0 Å². The van der Waals surface area contributed by atoms with E-state index in [0.717, 1.165) is 11.6 Å². The monoisotopic (exact) mass is 520 g/mol. The number of methoxy groups -OCH3 is 1. The Balaban J connectivity index is 1.75. The number of nitrogens with zero attached hydrogens (tertiary/aromatic N) is 3. The lowest BCUT2D eigenvalue weighted by molar-refractivity contribution is -0.137. The fraction of sp³-hybridized carbons (Fsp3) is 0.200. The molecule has 1 unspecified atom stereocenters. The zero-order chi connectivity index (χ0) is 24.3. The molecule has 7 nitrogen and oxygen atoms in total. The molecule has 0 aliphatic heterocycles. The van der Waals surface area contributed by atoms with Crippen molar-refractivity contribution < 1.29 is 27.4 Å². The lowest BCUT2D eigenvalue weighted by Gasteiger charge is -2.17. The molecule has 0 fully saturated rings. The standard InChI is InChI=1S/C20H14Cl3F3N4O3/c1-9(28-16-14(22)15(18(31)32-2)29-19(23)30-16)10-3-5-12(6-4-10)33-17-13(21)7-11(8-27-17)20(24,25)26/h3-9H,1-2H3,(H,28,29,30). The molecule has 1 aromatic carbocycles. The second-order valence-electron chi connectivity index (χ2n) is 6.54. The van der Waals surface area contributed by atoms with Crippen LogP contribution in [0.2, 0.25) is 15.3 Å². The molecule has 1 N–H and O–H groups in total. The van der Waals surface area contributed by atoms with Crippen LogP contribution in [0.5, 0.6) is 11.6 Å². The van der Waals surface area contributed by atoms with E-state index in [-0.39, 0.29) is 38.8 Å². The number of carbonyl (C=O) groups is 1. The number of aromatic nitrogens is 3. The van der Waals surface area contributed by atoms with Crippen LogP contribution in [0, 0.1) is 0 Å². The van der Waals surface area contributed by atoms with Crippen molar-refractivity contribution in [3.8, 4) is 11.6 Å². The summed E-state index contributed by atoms with van der Waals surface area (Å²) in [6.45, 7) is 1.80. The molecule has 0 aliphatic rings. The number of rotatable bonds is 6. The maximum atomic E-state index is 12.7. The van der Waals surface area contributed by atoms with Gasteiger partial charge >= 0.3 is 12.1 Å². The van der Waals surface area contributed by atoms with E-state index in [1.165, 1.54) is 7.11 Å². The number of ether oxygens (including phenoxy) is 2. The summed E-state index contributed by atoms with van der Waals surface area (Å²) in [6.07, 6.45) is -3.92. The van der Waals surface area contributed by atoms with E-state index in [1.54, 1.807) is 31.2 Å². The third kappa shape index (κ3) is 5.95. The van der Waals surface area contributed by atoms with Crippen LogP contribution < -0.4 is 10.1 Å². The summed E-state index contributed by atoms with van der Waals surface area (Å²) in [4.78, 5) is 23.2. The molecule has 0 radical (unpaired) electrons. The Morgan fingerprint density at radius 1 is 1.12 bits per heavy atom. The minimum Gasteiger partial charge on any atom is -0.464 e. The van der Waals surface area contributed by atoms with Crippen LogP contribution in [0.1, 0.15) is 34.6 Å². The van der Waals surface area contributed by atoms with E-state index in [1.807, 2.05) is 0 Å². The fourth-order valence-corrected chi connectivity index (χ4v) is 3.22. The van der Waals surface area contributed by atoms with Gasteiger partial charge in [0, 0.05) is 12.2 Å². The number of anilines is 1. The van der Waals surface area contributed by atoms with Gasteiger partial charge in [-0.3, -0.25) is 0 Å². The summed E-state index contributed by atoms with van der Waals surface area (Å²) in [5.41, 5.74) is -0.397. The highest BCUT2D eigenvalue weighted by molar-refractivity contribution is 6.36. The zero-order valence-electron chi connectivity index (χ0n) is 16.9. The summed E-state index contributed by atoms with van der Waals surface area (Å²) in [5.74, 6) is -0.500. The van der Waals surface area contributed by atoms with Crippen LogP contribution in [-0.2, 0) is 10.9 Å². The summed E-state index contributed by atoms with van der Waals surface area (Å²) in [7, 11) is 1.18. The van der Waals surface area contributed by atoms with Crippen molar-refractivity contribution in [3.05, 3.63) is 68.7 Å². The smallest absolute Gasteiger partial charge is 0.417 e. The van der Waals surface area contributed by atoms with Gasteiger partial charge in [0.1, 0.15) is 15.8 Å². The van der Waals surface area contributed by atoms with Gasteiger partial charge in [0.2, 0.25) is 11.2 Å². The summed E-state index contributed by atoms with van der Waals surface area (Å²) in [5, 5.41) is 2.50. The second kappa shape index (κ2) is 9.98. The quantitative estimate of drug-likeness (QED) is 0.289. The van der Waals surface area contributed by atoms with Crippen LogP contribution in [0.3, 0.4) is 0 Å². The first kappa shape index (κ1) is 24.8. The van der Waals surface area contributed by atoms with Crippen molar-refractivity contribution in [3.63, 3.8) is 0 Å². The molecular formula is C20H14Cl3F3N4O3. The van der Waals surface area contributed by atoms with E-state index >= 15 is 0 Å². The van der Waals surface area contributed by atoms with Crippen molar-refractivity contribution in [2.75, 3.05) is 12.4 Å². The SMILES string of the molecule is COC(=O)c1nc(Cl)nc(NC(C)c2ccc(Oc3ncc(C(F)(F)F)cc3Cl)cc2)c1Cl. The maximum absolute atomic E-state index is 12.7. The molecule has 3 aromatic rings. The number of nitrogens with one attached hydrogen (secondary N) is 1. The molecule has 0 amide bonds. The maximum Gasteiger partial charge on any atom is 0.417 e. The second-order valence-corrected chi connectivity index (χ2v) is 7.66. The molecule has 13 heteroatoms. The molecule has 0 bridgehead atoms. The molecule has 0 spiro atoms. The van der Waals surface area contributed by atoms with Gasteiger partial charge in [-0.2, -0.15) is 18.2 Å². The normalized spacial score (nSPS) is 12.2. The van der Waals surface area contributed by atoms with Gasteiger partial charge in [-0.15, -0.1) is 0 Å². The Morgan fingerprint density at radius 2 is 1.79 bits per heavy atom. The Bertz CT molecular complexity index is 1180. The van der Waals surface area contributed by atoms with Gasteiger partial charge in [0.25, 0.3) is 0 Å². The Hall–Kier alpha value is -2.82. The Labute approximate surface area is 200 Å². The number of pyridine rings is 1. The van der Waals surface area contributed by atoms with Gasteiger partial charge < -0.3 is 14.8 Å². The van der Waals surface area contributed by atoms with Gasteiger partial charge in [0.15, 0.2) is 11.5 Å². The molecule has 2 aromatic heterocycles. The first-order chi connectivity index (χ1) is 15.5. The van der Waals surface area contributed by atoms with Crippen molar-refractivity contribution >= 4 is 46.6 Å². The topological polar surface area (TPSA) is 86.2 Å². The minimum atomic E-state index is -4.56. The molecule has 1 atom stereocenters. The molecular weight excluding hydrogens is 508 g/mol. The van der Waals surface area contributed by atoms with Gasteiger partial charge in [0.05, 0.1) is 12.7 Å². The van der Waals surface area contributed by atoms with Crippen LogP contribution >= 0.6 is 34.8 Å². The van der Waals surface area contributed by atoms with E-state index < -0.39 is 17.7 Å². The number of alkyl halides is 3. The van der Waals surface area contributed by atoms with Gasteiger partial charge in [-0.25, -0.2) is 14.8 Å².